The number of nitrogens with zero attached hydrogens (tertiary/aromatic N) is 1. The summed E-state index contributed by atoms with van der Waals surface area (Å²) >= 11 is 0. The fourth-order valence-corrected chi connectivity index (χ4v) is 2.03. The molecule has 4 nitrogen and oxygen atoms in total. The van der Waals surface area contributed by atoms with Crippen molar-refractivity contribution in [3.8, 4) is 0 Å². The number of anilines is 1. The Morgan fingerprint density at radius 1 is 1.32 bits per heavy atom. The number of benzene rings is 1. The molecule has 0 aliphatic carbocycles. The standard InChI is InChI=1S/C15H18N2O2/c1-9(2)13(15(18)19)17-14-10(3)8-11-6-4-5-7-12(11)16-14/h4-9,13H,1-3H3,(H,16,17)(H,18,19). The van der Waals surface area contributed by atoms with Crippen molar-refractivity contribution < 1.29 is 9.90 Å². The van der Waals surface area contributed by atoms with Crippen LogP contribution in [0, 0.1) is 12.8 Å². The van der Waals surface area contributed by atoms with E-state index in [-0.39, 0.29) is 5.92 Å². The summed E-state index contributed by atoms with van der Waals surface area (Å²) in [7, 11) is 0. The van der Waals surface area contributed by atoms with E-state index in [1.807, 2.05) is 51.1 Å². The molecule has 0 aliphatic heterocycles. The Hall–Kier alpha value is -2.10. The molecule has 0 saturated heterocycles. The molecule has 0 saturated carbocycles. The minimum Gasteiger partial charge on any atom is -0.480 e. The Labute approximate surface area is 112 Å². The molecule has 2 N–H and O–H groups in total. The molecule has 19 heavy (non-hydrogen) atoms. The first-order valence-electron chi connectivity index (χ1n) is 6.35. The zero-order chi connectivity index (χ0) is 14.0. The number of aryl methyl sites for hydroxylation is 1. The van der Waals surface area contributed by atoms with Crippen LogP contribution in [0.1, 0.15) is 19.4 Å². The molecule has 2 rings (SSSR count). The summed E-state index contributed by atoms with van der Waals surface area (Å²) in [5, 5.41) is 13.3. The highest BCUT2D eigenvalue weighted by Gasteiger charge is 2.22. The largest absolute Gasteiger partial charge is 0.480 e. The molecule has 1 aromatic heterocycles. The molecule has 0 amide bonds. The second kappa shape index (κ2) is 5.26. The maximum Gasteiger partial charge on any atom is 0.326 e. The van der Waals surface area contributed by atoms with E-state index in [4.69, 9.17) is 0 Å². The van der Waals surface area contributed by atoms with Crippen LogP contribution in [0.5, 0.6) is 0 Å². The van der Waals surface area contributed by atoms with Gasteiger partial charge in [-0.1, -0.05) is 32.0 Å². The normalized spacial score (nSPS) is 12.6. The third-order valence-corrected chi connectivity index (χ3v) is 3.14. The number of aromatic nitrogens is 1. The number of pyridine rings is 1. The lowest BCUT2D eigenvalue weighted by molar-refractivity contribution is -0.138. The number of carboxylic acids is 1. The van der Waals surface area contributed by atoms with Gasteiger partial charge in [0.2, 0.25) is 0 Å². The molecule has 1 unspecified atom stereocenters. The summed E-state index contributed by atoms with van der Waals surface area (Å²) < 4.78 is 0. The maximum absolute atomic E-state index is 11.2. The van der Waals surface area contributed by atoms with Crippen LogP contribution in [0.3, 0.4) is 0 Å². The van der Waals surface area contributed by atoms with Gasteiger partial charge in [-0.2, -0.15) is 0 Å². The number of aliphatic carboxylic acids is 1. The van der Waals surface area contributed by atoms with Crippen molar-refractivity contribution in [3.63, 3.8) is 0 Å². The summed E-state index contributed by atoms with van der Waals surface area (Å²) in [5.74, 6) is -0.227. The molecule has 0 spiro atoms. The van der Waals surface area contributed by atoms with Crippen molar-refractivity contribution in [1.29, 1.82) is 0 Å². The van der Waals surface area contributed by atoms with Crippen molar-refractivity contribution in [2.24, 2.45) is 5.92 Å². The summed E-state index contributed by atoms with van der Waals surface area (Å²) in [5.41, 5.74) is 1.81. The third kappa shape index (κ3) is 2.84. The van der Waals surface area contributed by atoms with Gasteiger partial charge in [-0.15, -0.1) is 0 Å². The van der Waals surface area contributed by atoms with E-state index in [2.05, 4.69) is 10.3 Å². The Morgan fingerprint density at radius 2 is 2.00 bits per heavy atom. The first-order valence-corrected chi connectivity index (χ1v) is 6.35. The van der Waals surface area contributed by atoms with Crippen molar-refractivity contribution in [2.45, 2.75) is 26.8 Å². The lowest BCUT2D eigenvalue weighted by Gasteiger charge is -2.20. The average molecular weight is 258 g/mol. The van der Waals surface area contributed by atoms with Gasteiger partial charge in [0, 0.05) is 5.39 Å². The Balaban J connectivity index is 2.39. The van der Waals surface area contributed by atoms with Crippen LogP contribution >= 0.6 is 0 Å². The zero-order valence-electron chi connectivity index (χ0n) is 11.3. The van der Waals surface area contributed by atoms with E-state index in [0.717, 1.165) is 16.5 Å². The summed E-state index contributed by atoms with van der Waals surface area (Å²) in [6.07, 6.45) is 0. The topological polar surface area (TPSA) is 62.2 Å². The molecular formula is C15H18N2O2. The van der Waals surface area contributed by atoms with Gasteiger partial charge >= 0.3 is 5.97 Å². The highest BCUT2D eigenvalue weighted by molar-refractivity contribution is 5.83. The van der Waals surface area contributed by atoms with Gasteiger partial charge in [0.15, 0.2) is 0 Å². The van der Waals surface area contributed by atoms with Crippen LogP contribution in [0.2, 0.25) is 0 Å². The Kier molecular flexibility index (Phi) is 3.69. The van der Waals surface area contributed by atoms with E-state index >= 15 is 0 Å². The van der Waals surface area contributed by atoms with Crippen LogP contribution in [0.4, 0.5) is 5.82 Å². The van der Waals surface area contributed by atoms with Crippen molar-refractivity contribution in [1.82, 2.24) is 4.98 Å². The molecule has 0 aliphatic rings. The van der Waals surface area contributed by atoms with Crippen molar-refractivity contribution in [2.75, 3.05) is 5.32 Å². The number of carbonyl (C=O) groups is 1. The number of hydrogen-bond donors (Lipinski definition) is 2. The molecule has 0 fully saturated rings. The predicted octanol–water partition coefficient (Wildman–Crippen LogP) is 3.06. The SMILES string of the molecule is Cc1cc2ccccc2nc1NC(C(=O)O)C(C)C. The number of hydrogen-bond acceptors (Lipinski definition) is 3. The third-order valence-electron chi connectivity index (χ3n) is 3.14. The van der Waals surface area contributed by atoms with Gasteiger partial charge in [0.25, 0.3) is 0 Å². The minimum absolute atomic E-state index is 0.00910. The van der Waals surface area contributed by atoms with Gasteiger partial charge < -0.3 is 10.4 Å². The molecule has 1 aromatic carbocycles. The molecule has 4 heteroatoms. The number of carboxylic acid groups (broad SMARTS) is 1. The van der Waals surface area contributed by atoms with E-state index < -0.39 is 12.0 Å². The lowest BCUT2D eigenvalue weighted by atomic mass is 10.0. The number of fused-ring (bicyclic) bond motifs is 1. The van der Waals surface area contributed by atoms with E-state index in [0.29, 0.717) is 5.82 Å². The van der Waals surface area contributed by atoms with Crippen LogP contribution in [-0.4, -0.2) is 22.1 Å². The Morgan fingerprint density at radius 3 is 2.63 bits per heavy atom. The van der Waals surface area contributed by atoms with Crippen LogP contribution in [0.15, 0.2) is 30.3 Å². The molecular weight excluding hydrogens is 240 g/mol. The van der Waals surface area contributed by atoms with Crippen LogP contribution in [-0.2, 0) is 4.79 Å². The first-order chi connectivity index (χ1) is 8.99. The molecule has 1 atom stereocenters. The highest BCUT2D eigenvalue weighted by Crippen LogP contribution is 2.21. The summed E-state index contributed by atoms with van der Waals surface area (Å²) in [6.45, 7) is 5.69. The molecule has 0 radical (unpaired) electrons. The second-order valence-corrected chi connectivity index (χ2v) is 5.05. The lowest BCUT2D eigenvalue weighted by Crippen LogP contribution is -2.34. The fraction of sp³-hybridized carbons (Fsp3) is 0.333. The van der Waals surface area contributed by atoms with Gasteiger partial charge in [-0.25, -0.2) is 9.78 Å². The number of rotatable bonds is 4. The smallest absolute Gasteiger partial charge is 0.326 e. The van der Waals surface area contributed by atoms with Crippen molar-refractivity contribution >= 4 is 22.7 Å². The zero-order valence-corrected chi connectivity index (χ0v) is 11.3. The van der Waals surface area contributed by atoms with Gasteiger partial charge in [0.05, 0.1) is 5.52 Å². The van der Waals surface area contributed by atoms with Gasteiger partial charge in [0.1, 0.15) is 11.9 Å². The van der Waals surface area contributed by atoms with Crippen molar-refractivity contribution in [3.05, 3.63) is 35.9 Å². The highest BCUT2D eigenvalue weighted by atomic mass is 16.4. The monoisotopic (exact) mass is 258 g/mol. The van der Waals surface area contributed by atoms with E-state index in [9.17, 15) is 9.90 Å². The first kappa shape index (κ1) is 13.3. The molecule has 0 bridgehead atoms. The van der Waals surface area contributed by atoms with E-state index in [1.54, 1.807) is 0 Å². The quantitative estimate of drug-likeness (QED) is 0.884. The van der Waals surface area contributed by atoms with E-state index in [1.165, 1.54) is 0 Å². The number of para-hydroxylation sites is 1. The number of nitrogens with one attached hydrogen (secondary N) is 1. The minimum atomic E-state index is -0.857. The van der Waals surface area contributed by atoms with Crippen LogP contribution in [0.25, 0.3) is 10.9 Å². The second-order valence-electron chi connectivity index (χ2n) is 5.05. The van der Waals surface area contributed by atoms with Gasteiger partial charge in [-0.3, -0.25) is 0 Å². The predicted molar refractivity (Wildman–Crippen MR) is 76.4 cm³/mol. The molecule has 2 aromatic rings. The summed E-state index contributed by atoms with van der Waals surface area (Å²) in [4.78, 5) is 15.7. The molecule has 1 heterocycles. The maximum atomic E-state index is 11.2. The average Bonchev–Trinajstić information content (AvgIpc) is 2.35. The van der Waals surface area contributed by atoms with Crippen LogP contribution < -0.4 is 5.32 Å². The molecule has 100 valence electrons. The summed E-state index contributed by atoms with van der Waals surface area (Å²) in [6, 6.07) is 9.19. The fourth-order valence-electron chi connectivity index (χ4n) is 2.03. The Bertz CT molecular complexity index is 608. The van der Waals surface area contributed by atoms with Gasteiger partial charge in [-0.05, 0) is 30.5 Å².